The fraction of sp³-hybridized carbons (Fsp3) is 0.300. The third-order valence-corrected chi connectivity index (χ3v) is 5.33. The van der Waals surface area contributed by atoms with Crippen molar-refractivity contribution in [3.63, 3.8) is 0 Å². The zero-order valence-electron chi connectivity index (χ0n) is 17.3. The highest BCUT2D eigenvalue weighted by atomic mass is 32.2. The summed E-state index contributed by atoms with van der Waals surface area (Å²) in [6.45, 7) is 1.73. The first-order valence-electron chi connectivity index (χ1n) is 9.25. The number of hydrogen-bond donors (Lipinski definition) is 2. The van der Waals surface area contributed by atoms with E-state index in [-0.39, 0.29) is 36.0 Å². The summed E-state index contributed by atoms with van der Waals surface area (Å²) in [4.78, 5) is 23.5. The van der Waals surface area contributed by atoms with Gasteiger partial charge >= 0.3 is 12.1 Å². The van der Waals surface area contributed by atoms with Gasteiger partial charge in [-0.25, -0.2) is 17.9 Å². The Kier molecular flexibility index (Phi) is 8.64. The van der Waals surface area contributed by atoms with Gasteiger partial charge in [-0.3, -0.25) is 10.1 Å². The molecule has 0 aliphatic heterocycles. The molecule has 2 aromatic rings. The molecule has 31 heavy (non-hydrogen) atoms. The Balaban J connectivity index is 1.91. The van der Waals surface area contributed by atoms with Crippen molar-refractivity contribution >= 4 is 27.8 Å². The third-order valence-electron chi connectivity index (χ3n) is 3.87. The van der Waals surface area contributed by atoms with Gasteiger partial charge < -0.3 is 18.9 Å². The van der Waals surface area contributed by atoms with Crippen molar-refractivity contribution in [2.24, 2.45) is 0 Å². The number of rotatable bonds is 10. The Morgan fingerprint density at radius 1 is 1.00 bits per heavy atom. The van der Waals surface area contributed by atoms with Gasteiger partial charge in [0, 0.05) is 24.4 Å². The lowest BCUT2D eigenvalue weighted by atomic mass is 10.3. The fourth-order valence-corrected chi connectivity index (χ4v) is 3.51. The quantitative estimate of drug-likeness (QED) is 0.416. The van der Waals surface area contributed by atoms with E-state index in [9.17, 15) is 18.0 Å². The molecule has 0 heterocycles. The zero-order valence-corrected chi connectivity index (χ0v) is 18.2. The standard InChI is InChI=1S/C20H24N2O8S/c1-4-29-20(24)22-14-6-5-7-15(12-14)30-19(23)10-11-21-31(25,26)16-8-9-17(27-2)18(13-16)28-3/h5-9,12-13,21H,4,10-11H2,1-3H3,(H,22,24). The van der Waals surface area contributed by atoms with Crippen LogP contribution in [0.2, 0.25) is 0 Å². The number of nitrogens with one attached hydrogen (secondary N) is 2. The Hall–Kier alpha value is -3.31. The number of carbonyl (C=O) groups excluding carboxylic acids is 2. The zero-order chi connectivity index (χ0) is 22.9. The van der Waals surface area contributed by atoms with Crippen molar-refractivity contribution in [1.29, 1.82) is 0 Å². The second-order valence-electron chi connectivity index (χ2n) is 6.01. The number of anilines is 1. The van der Waals surface area contributed by atoms with Gasteiger partial charge in [0.1, 0.15) is 5.75 Å². The summed E-state index contributed by atoms with van der Waals surface area (Å²) in [6, 6.07) is 10.3. The number of amides is 1. The summed E-state index contributed by atoms with van der Waals surface area (Å²) >= 11 is 0. The van der Waals surface area contributed by atoms with Crippen LogP contribution >= 0.6 is 0 Å². The molecule has 0 atom stereocenters. The van der Waals surface area contributed by atoms with Gasteiger partial charge in [0.2, 0.25) is 10.0 Å². The largest absolute Gasteiger partial charge is 0.493 e. The summed E-state index contributed by atoms with van der Waals surface area (Å²) in [5.74, 6) is 0.205. The van der Waals surface area contributed by atoms with E-state index in [1.807, 2.05) is 0 Å². The van der Waals surface area contributed by atoms with E-state index >= 15 is 0 Å². The van der Waals surface area contributed by atoms with Crippen LogP contribution in [0.1, 0.15) is 13.3 Å². The summed E-state index contributed by atoms with van der Waals surface area (Å²) in [6.07, 6.45) is -0.835. The molecular weight excluding hydrogens is 428 g/mol. The van der Waals surface area contributed by atoms with Crippen molar-refractivity contribution in [1.82, 2.24) is 4.72 Å². The normalized spacial score (nSPS) is 10.8. The maximum absolute atomic E-state index is 12.4. The number of benzene rings is 2. The second-order valence-corrected chi connectivity index (χ2v) is 7.78. The lowest BCUT2D eigenvalue weighted by Gasteiger charge is -2.11. The number of esters is 1. The molecule has 0 bridgehead atoms. The monoisotopic (exact) mass is 452 g/mol. The van der Waals surface area contributed by atoms with Crippen molar-refractivity contribution in [3.8, 4) is 17.2 Å². The van der Waals surface area contributed by atoms with Crippen LogP contribution in [0, 0.1) is 0 Å². The molecule has 0 radical (unpaired) electrons. The van der Waals surface area contributed by atoms with E-state index < -0.39 is 22.1 Å². The average molecular weight is 452 g/mol. The van der Waals surface area contributed by atoms with Crippen molar-refractivity contribution in [2.75, 3.05) is 32.7 Å². The van der Waals surface area contributed by atoms with Gasteiger partial charge in [-0.15, -0.1) is 0 Å². The van der Waals surface area contributed by atoms with E-state index in [2.05, 4.69) is 10.0 Å². The molecule has 0 aromatic heterocycles. The predicted molar refractivity (Wildman–Crippen MR) is 112 cm³/mol. The molecule has 2 N–H and O–H groups in total. The predicted octanol–water partition coefficient (Wildman–Crippen LogP) is 2.55. The molecule has 2 rings (SSSR count). The van der Waals surface area contributed by atoms with Gasteiger partial charge in [0.05, 0.1) is 32.1 Å². The van der Waals surface area contributed by atoms with Crippen LogP contribution in [0.15, 0.2) is 47.4 Å². The highest BCUT2D eigenvalue weighted by Gasteiger charge is 2.17. The van der Waals surface area contributed by atoms with Crippen LogP contribution in [-0.4, -0.2) is 47.9 Å². The molecule has 2 aromatic carbocycles. The molecule has 0 aliphatic rings. The summed E-state index contributed by atoms with van der Waals surface area (Å²) in [5, 5.41) is 2.49. The Morgan fingerprint density at radius 2 is 1.74 bits per heavy atom. The van der Waals surface area contributed by atoms with Gasteiger partial charge in [-0.2, -0.15) is 0 Å². The fourth-order valence-electron chi connectivity index (χ4n) is 2.46. The van der Waals surface area contributed by atoms with Gasteiger partial charge in [-0.05, 0) is 31.2 Å². The maximum atomic E-state index is 12.4. The van der Waals surface area contributed by atoms with E-state index in [4.69, 9.17) is 18.9 Å². The van der Waals surface area contributed by atoms with Crippen LogP contribution in [-0.2, 0) is 19.6 Å². The van der Waals surface area contributed by atoms with Crippen LogP contribution in [0.4, 0.5) is 10.5 Å². The molecule has 168 valence electrons. The summed E-state index contributed by atoms with van der Waals surface area (Å²) in [7, 11) is -1.03. The number of hydrogen-bond acceptors (Lipinski definition) is 8. The number of ether oxygens (including phenoxy) is 4. The lowest BCUT2D eigenvalue weighted by molar-refractivity contribution is -0.134. The minimum absolute atomic E-state index is 0.0312. The van der Waals surface area contributed by atoms with Crippen molar-refractivity contribution in [2.45, 2.75) is 18.2 Å². The summed E-state index contributed by atoms with van der Waals surface area (Å²) in [5.41, 5.74) is 0.387. The molecule has 0 aliphatic carbocycles. The number of carbonyl (C=O) groups is 2. The molecule has 10 nitrogen and oxygen atoms in total. The first kappa shape index (κ1) is 24.0. The Bertz CT molecular complexity index is 1020. The molecule has 0 saturated carbocycles. The van der Waals surface area contributed by atoms with Crippen molar-refractivity contribution < 1.29 is 37.0 Å². The first-order valence-corrected chi connectivity index (χ1v) is 10.7. The highest BCUT2D eigenvalue weighted by Crippen LogP contribution is 2.29. The summed E-state index contributed by atoms with van der Waals surface area (Å²) < 4.78 is 47.3. The van der Waals surface area contributed by atoms with Crippen LogP contribution in [0.5, 0.6) is 17.2 Å². The Labute approximate surface area is 180 Å². The van der Waals surface area contributed by atoms with E-state index in [1.54, 1.807) is 19.1 Å². The molecular formula is C20H24N2O8S. The van der Waals surface area contributed by atoms with E-state index in [1.165, 1.54) is 44.6 Å². The average Bonchev–Trinajstić information content (AvgIpc) is 2.73. The molecule has 11 heteroatoms. The first-order chi connectivity index (χ1) is 14.8. The smallest absolute Gasteiger partial charge is 0.411 e. The van der Waals surface area contributed by atoms with Crippen LogP contribution in [0.25, 0.3) is 0 Å². The molecule has 1 amide bonds. The molecule has 0 saturated heterocycles. The SMILES string of the molecule is CCOC(=O)Nc1cccc(OC(=O)CCNS(=O)(=O)c2ccc(OC)c(OC)c2)c1. The van der Waals surface area contributed by atoms with E-state index in [0.717, 1.165) is 0 Å². The molecule has 0 unspecified atom stereocenters. The third kappa shape index (κ3) is 7.15. The van der Waals surface area contributed by atoms with Gasteiger partial charge in [0.15, 0.2) is 11.5 Å². The van der Waals surface area contributed by atoms with Crippen LogP contribution in [0.3, 0.4) is 0 Å². The Morgan fingerprint density at radius 3 is 2.42 bits per heavy atom. The topological polar surface area (TPSA) is 129 Å². The van der Waals surface area contributed by atoms with Gasteiger partial charge in [0.25, 0.3) is 0 Å². The van der Waals surface area contributed by atoms with Crippen molar-refractivity contribution in [3.05, 3.63) is 42.5 Å². The minimum Gasteiger partial charge on any atom is -0.493 e. The lowest BCUT2D eigenvalue weighted by Crippen LogP contribution is -2.27. The van der Waals surface area contributed by atoms with Crippen LogP contribution < -0.4 is 24.2 Å². The number of methoxy groups -OCH3 is 2. The minimum atomic E-state index is -3.87. The highest BCUT2D eigenvalue weighted by molar-refractivity contribution is 7.89. The second kappa shape index (κ2) is 11.2. The maximum Gasteiger partial charge on any atom is 0.411 e. The number of sulfonamides is 1. The molecule has 0 fully saturated rings. The van der Waals surface area contributed by atoms with Gasteiger partial charge in [-0.1, -0.05) is 6.07 Å². The molecule has 0 spiro atoms. The van der Waals surface area contributed by atoms with E-state index in [0.29, 0.717) is 11.4 Å².